The maximum Gasteiger partial charge on any atom is 0.270 e. The van der Waals surface area contributed by atoms with Crippen molar-refractivity contribution >= 4 is 11.4 Å². The molecule has 1 N–H and O–H groups in total. The van der Waals surface area contributed by atoms with Gasteiger partial charge in [0.25, 0.3) is 5.69 Å². The molecule has 2 aromatic carbocycles. The van der Waals surface area contributed by atoms with Gasteiger partial charge in [-0.3, -0.25) is 10.1 Å². The molecule has 2 aliphatic rings. The van der Waals surface area contributed by atoms with Crippen LogP contribution in [-0.2, 0) is 0 Å². The first kappa shape index (κ1) is 17.1. The predicted octanol–water partition coefficient (Wildman–Crippen LogP) is 4.63. The van der Waals surface area contributed by atoms with Gasteiger partial charge in [-0.25, -0.2) is 0 Å². The van der Waals surface area contributed by atoms with E-state index < -0.39 is 0 Å². The Bertz CT molecular complexity index is 960. The highest BCUT2D eigenvalue weighted by Gasteiger charge is 2.39. The smallest absolute Gasteiger partial charge is 0.270 e. The molecule has 0 radical (unpaired) electrons. The Morgan fingerprint density at radius 1 is 1.33 bits per heavy atom. The molecule has 2 aromatic rings. The number of nitro groups is 1. The molecule has 3 atom stereocenters. The summed E-state index contributed by atoms with van der Waals surface area (Å²) >= 11 is 0. The van der Waals surface area contributed by atoms with Crippen molar-refractivity contribution in [1.29, 1.82) is 5.26 Å². The minimum absolute atomic E-state index is 0.0288. The number of nitrogens with zero attached hydrogens (tertiary/aromatic N) is 2. The van der Waals surface area contributed by atoms with Crippen LogP contribution in [-0.4, -0.2) is 11.5 Å². The molecule has 0 amide bonds. The average molecular weight is 361 g/mol. The van der Waals surface area contributed by atoms with Gasteiger partial charge in [0, 0.05) is 23.7 Å². The third-order valence-electron chi connectivity index (χ3n) is 5.40. The monoisotopic (exact) mass is 361 g/mol. The van der Waals surface area contributed by atoms with Crippen LogP contribution in [0.5, 0.6) is 5.75 Å². The fourth-order valence-corrected chi connectivity index (χ4v) is 4.19. The third-order valence-corrected chi connectivity index (χ3v) is 5.40. The lowest BCUT2D eigenvalue weighted by molar-refractivity contribution is -0.385. The normalized spacial score (nSPS) is 22.3. The Kier molecular flexibility index (Phi) is 4.28. The number of benzene rings is 2. The number of rotatable bonds is 4. The van der Waals surface area contributed by atoms with Gasteiger partial charge in [0.15, 0.2) is 6.61 Å². The van der Waals surface area contributed by atoms with Crippen LogP contribution in [0.4, 0.5) is 11.4 Å². The largest absolute Gasteiger partial charge is 0.479 e. The highest BCUT2D eigenvalue weighted by Crippen LogP contribution is 2.51. The lowest BCUT2D eigenvalue weighted by atomic mass is 9.76. The highest BCUT2D eigenvalue weighted by atomic mass is 16.6. The maximum absolute atomic E-state index is 11.3. The van der Waals surface area contributed by atoms with Crippen LogP contribution in [0.15, 0.2) is 48.6 Å². The number of anilines is 1. The number of nitriles is 1. The number of non-ortho nitro benzene ring substituents is 1. The molecule has 6 nitrogen and oxygen atoms in total. The van der Waals surface area contributed by atoms with E-state index in [1.165, 1.54) is 0 Å². The summed E-state index contributed by atoms with van der Waals surface area (Å²) in [5.74, 6) is 1.15. The van der Waals surface area contributed by atoms with Crippen molar-refractivity contribution in [2.24, 2.45) is 5.92 Å². The highest BCUT2D eigenvalue weighted by molar-refractivity contribution is 5.67. The lowest BCUT2D eigenvalue weighted by Gasteiger charge is -2.38. The van der Waals surface area contributed by atoms with E-state index >= 15 is 0 Å². The zero-order valence-corrected chi connectivity index (χ0v) is 14.9. The van der Waals surface area contributed by atoms with Gasteiger partial charge >= 0.3 is 0 Å². The Hall–Kier alpha value is -3.33. The lowest BCUT2D eigenvalue weighted by Crippen LogP contribution is -2.29. The second-order valence-corrected chi connectivity index (χ2v) is 6.98. The Balaban J connectivity index is 1.70. The number of nitrogens with one attached hydrogen (secondary N) is 1. The molecule has 1 heterocycles. The van der Waals surface area contributed by atoms with Crippen LogP contribution in [0.2, 0.25) is 0 Å². The fourth-order valence-electron chi connectivity index (χ4n) is 4.19. The first-order chi connectivity index (χ1) is 13.1. The van der Waals surface area contributed by atoms with Gasteiger partial charge in [0.1, 0.15) is 11.8 Å². The summed E-state index contributed by atoms with van der Waals surface area (Å²) in [5.41, 5.74) is 4.16. The van der Waals surface area contributed by atoms with Crippen LogP contribution in [0.3, 0.4) is 0 Å². The molecule has 0 bridgehead atoms. The average Bonchev–Trinajstić information content (AvgIpc) is 3.16. The fraction of sp³-hybridized carbons (Fsp3) is 0.286. The van der Waals surface area contributed by atoms with Crippen molar-refractivity contribution in [2.45, 2.75) is 25.3 Å². The van der Waals surface area contributed by atoms with Crippen molar-refractivity contribution in [1.82, 2.24) is 0 Å². The minimum atomic E-state index is -0.326. The molecule has 0 saturated carbocycles. The molecule has 0 aromatic heterocycles. The maximum atomic E-state index is 11.3. The van der Waals surface area contributed by atoms with E-state index in [0.29, 0.717) is 11.7 Å². The molecule has 0 unspecified atom stereocenters. The molecule has 1 aliphatic carbocycles. The quantitative estimate of drug-likeness (QED) is 0.487. The van der Waals surface area contributed by atoms with Crippen molar-refractivity contribution in [3.8, 4) is 11.8 Å². The molecule has 6 heteroatoms. The first-order valence-electron chi connectivity index (χ1n) is 8.90. The van der Waals surface area contributed by atoms with Gasteiger partial charge in [0.05, 0.1) is 11.0 Å². The van der Waals surface area contributed by atoms with Crippen LogP contribution in [0.1, 0.15) is 35.1 Å². The number of aryl methyl sites for hydroxylation is 1. The second-order valence-electron chi connectivity index (χ2n) is 6.98. The molecule has 0 fully saturated rings. The number of fused-ring (bicyclic) bond motifs is 3. The van der Waals surface area contributed by atoms with Gasteiger partial charge in [0.2, 0.25) is 0 Å². The van der Waals surface area contributed by atoms with E-state index in [0.717, 1.165) is 28.8 Å². The van der Waals surface area contributed by atoms with E-state index in [-0.39, 0.29) is 29.2 Å². The number of hydrogen-bond acceptors (Lipinski definition) is 5. The molecule has 0 spiro atoms. The van der Waals surface area contributed by atoms with E-state index in [2.05, 4.69) is 17.5 Å². The van der Waals surface area contributed by atoms with Crippen LogP contribution < -0.4 is 10.1 Å². The summed E-state index contributed by atoms with van der Waals surface area (Å²) in [4.78, 5) is 10.9. The van der Waals surface area contributed by atoms with Crippen molar-refractivity contribution < 1.29 is 9.66 Å². The number of allylic oxidation sites excluding steroid dienone is 2. The van der Waals surface area contributed by atoms with Gasteiger partial charge in [-0.1, -0.05) is 24.3 Å². The van der Waals surface area contributed by atoms with Gasteiger partial charge < -0.3 is 10.1 Å². The summed E-state index contributed by atoms with van der Waals surface area (Å²) in [7, 11) is 0. The zero-order chi connectivity index (χ0) is 19.0. The third kappa shape index (κ3) is 3.02. The van der Waals surface area contributed by atoms with Crippen LogP contribution in [0.25, 0.3) is 0 Å². The molecule has 0 saturated heterocycles. The van der Waals surface area contributed by atoms with E-state index in [9.17, 15) is 10.1 Å². The predicted molar refractivity (Wildman–Crippen MR) is 102 cm³/mol. The van der Waals surface area contributed by atoms with Crippen molar-refractivity contribution in [3.05, 3.63) is 75.4 Å². The summed E-state index contributed by atoms with van der Waals surface area (Å²) in [6.07, 6.45) is 5.26. The van der Waals surface area contributed by atoms with Crippen molar-refractivity contribution in [2.75, 3.05) is 11.9 Å². The van der Waals surface area contributed by atoms with Crippen LogP contribution >= 0.6 is 0 Å². The second kappa shape index (κ2) is 6.76. The molecule has 136 valence electrons. The summed E-state index contributed by atoms with van der Waals surface area (Å²) in [6, 6.07) is 13.2. The minimum Gasteiger partial charge on any atom is -0.479 e. The Labute approximate surface area is 157 Å². The summed E-state index contributed by atoms with van der Waals surface area (Å²) < 4.78 is 5.34. The SMILES string of the molecule is Cc1cc([N+](=O)[O-])cc2c1N[C@H](c1ccc(OCC#N)cc1)[C@H]1CC=C[C@H]21. The molecule has 27 heavy (non-hydrogen) atoms. The van der Waals surface area contributed by atoms with Gasteiger partial charge in [-0.2, -0.15) is 5.26 Å². The van der Waals surface area contributed by atoms with E-state index in [4.69, 9.17) is 10.00 Å². The summed E-state index contributed by atoms with van der Waals surface area (Å²) in [6.45, 7) is 1.94. The molecule has 4 rings (SSSR count). The number of hydrogen-bond donors (Lipinski definition) is 1. The van der Waals surface area contributed by atoms with Crippen molar-refractivity contribution in [3.63, 3.8) is 0 Å². The van der Waals surface area contributed by atoms with E-state index in [1.807, 2.05) is 37.3 Å². The van der Waals surface area contributed by atoms with Crippen LogP contribution in [0, 0.1) is 34.3 Å². The standard InChI is InChI=1S/C21H19N3O3/c1-13-11-15(24(25)26)12-19-17-3-2-4-18(17)21(23-20(13)19)14-5-7-16(8-6-14)27-10-9-22/h2-3,5-8,11-12,17-18,21,23H,4,10H2,1H3/t17-,18-,21+/m0/s1. The number of ether oxygens (including phenoxy) is 1. The zero-order valence-electron chi connectivity index (χ0n) is 14.9. The molecular weight excluding hydrogens is 342 g/mol. The first-order valence-corrected chi connectivity index (χ1v) is 8.90. The summed E-state index contributed by atoms with van der Waals surface area (Å²) in [5, 5.41) is 23.5. The Morgan fingerprint density at radius 3 is 2.81 bits per heavy atom. The van der Waals surface area contributed by atoms with Gasteiger partial charge in [-0.15, -0.1) is 0 Å². The topological polar surface area (TPSA) is 88.2 Å². The molecule has 1 aliphatic heterocycles. The molecular formula is C21H19N3O3. The van der Waals surface area contributed by atoms with E-state index in [1.54, 1.807) is 12.1 Å². The van der Waals surface area contributed by atoms with Gasteiger partial charge in [-0.05, 0) is 48.1 Å². The Morgan fingerprint density at radius 2 is 2.11 bits per heavy atom. The number of nitro benzene ring substituents is 1.